The Morgan fingerprint density at radius 3 is 2.77 bits per heavy atom. The van der Waals surface area contributed by atoms with E-state index in [0.29, 0.717) is 24.3 Å². The maximum atomic E-state index is 4.98. The Hall–Kier alpha value is -1.91. The van der Waals surface area contributed by atoms with E-state index in [1.165, 1.54) is 0 Å². The zero-order valence-electron chi connectivity index (χ0n) is 15.2. The molecule has 26 heavy (non-hydrogen) atoms. The molecule has 0 amide bonds. The van der Waals surface area contributed by atoms with Gasteiger partial charge in [0, 0.05) is 38.8 Å². The number of aliphatic imine (C=N–C) groups is 1. The molecule has 2 N–H and O–H groups in total. The molecule has 142 valence electrons. The highest BCUT2D eigenvalue weighted by atomic mass is 127. The number of halogens is 1. The Balaban J connectivity index is 0.00000243. The van der Waals surface area contributed by atoms with Crippen LogP contribution in [0.1, 0.15) is 31.5 Å². The van der Waals surface area contributed by atoms with Crippen molar-refractivity contribution < 1.29 is 4.52 Å². The predicted molar refractivity (Wildman–Crippen MR) is 112 cm³/mol. The van der Waals surface area contributed by atoms with Gasteiger partial charge in [-0.15, -0.1) is 24.0 Å². The van der Waals surface area contributed by atoms with E-state index in [1.807, 2.05) is 18.3 Å². The number of hydrogen-bond donors (Lipinski definition) is 2. The van der Waals surface area contributed by atoms with Crippen LogP contribution in [0.15, 0.2) is 33.9 Å². The van der Waals surface area contributed by atoms with E-state index in [4.69, 9.17) is 4.52 Å². The number of guanidine groups is 1. The van der Waals surface area contributed by atoms with Crippen LogP contribution in [-0.4, -0.2) is 46.8 Å². The lowest BCUT2D eigenvalue weighted by Crippen LogP contribution is -2.48. The van der Waals surface area contributed by atoms with Crippen molar-refractivity contribution in [1.29, 1.82) is 0 Å². The number of aryl methyl sites for hydroxylation is 1. The standard InChI is InChI=1S/C17H25N7O.HI/c1-3-18-17(20-12-15-21-13(2)25-23-15)22-14-7-10-24(11-8-14)16-6-4-5-9-19-16;/h4-6,9,14H,3,7-8,10-12H2,1-2H3,(H2,18,20,22);1H. The Morgan fingerprint density at radius 1 is 1.35 bits per heavy atom. The molecule has 1 aliphatic rings. The fourth-order valence-electron chi connectivity index (χ4n) is 2.86. The molecular formula is C17H26IN7O. The highest BCUT2D eigenvalue weighted by molar-refractivity contribution is 14.0. The molecule has 0 bridgehead atoms. The molecule has 0 aromatic carbocycles. The molecule has 3 rings (SSSR count). The lowest BCUT2D eigenvalue weighted by molar-refractivity contribution is 0.387. The van der Waals surface area contributed by atoms with Gasteiger partial charge < -0.3 is 20.1 Å². The molecule has 9 heteroatoms. The first kappa shape index (κ1) is 20.4. The Labute approximate surface area is 170 Å². The molecule has 0 atom stereocenters. The Bertz CT molecular complexity index is 683. The summed E-state index contributed by atoms with van der Waals surface area (Å²) in [5.41, 5.74) is 0. The van der Waals surface area contributed by atoms with Crippen molar-refractivity contribution in [2.24, 2.45) is 4.99 Å². The van der Waals surface area contributed by atoms with Crippen LogP contribution in [-0.2, 0) is 6.54 Å². The summed E-state index contributed by atoms with van der Waals surface area (Å²) in [6, 6.07) is 6.43. The first-order chi connectivity index (χ1) is 12.2. The zero-order chi connectivity index (χ0) is 17.5. The lowest BCUT2D eigenvalue weighted by atomic mass is 10.1. The molecular weight excluding hydrogens is 445 g/mol. The van der Waals surface area contributed by atoms with Gasteiger partial charge in [-0.2, -0.15) is 4.98 Å². The number of aromatic nitrogens is 3. The monoisotopic (exact) mass is 471 g/mol. The molecule has 1 saturated heterocycles. The van der Waals surface area contributed by atoms with Crippen LogP contribution in [0.25, 0.3) is 0 Å². The topological polar surface area (TPSA) is 91.5 Å². The summed E-state index contributed by atoms with van der Waals surface area (Å²) in [4.78, 5) is 15.5. The van der Waals surface area contributed by atoms with Gasteiger partial charge in [-0.05, 0) is 31.9 Å². The third-order valence-electron chi connectivity index (χ3n) is 4.10. The summed E-state index contributed by atoms with van der Waals surface area (Å²) >= 11 is 0. The van der Waals surface area contributed by atoms with Crippen LogP contribution in [0, 0.1) is 6.92 Å². The second-order valence-corrected chi connectivity index (χ2v) is 6.02. The van der Waals surface area contributed by atoms with Crippen molar-refractivity contribution in [2.75, 3.05) is 24.5 Å². The van der Waals surface area contributed by atoms with Crippen LogP contribution in [0.5, 0.6) is 0 Å². The van der Waals surface area contributed by atoms with Crippen LogP contribution in [0.4, 0.5) is 5.82 Å². The predicted octanol–water partition coefficient (Wildman–Crippen LogP) is 2.12. The molecule has 1 fully saturated rings. The van der Waals surface area contributed by atoms with Crippen molar-refractivity contribution in [3.05, 3.63) is 36.1 Å². The van der Waals surface area contributed by atoms with E-state index >= 15 is 0 Å². The van der Waals surface area contributed by atoms with E-state index in [-0.39, 0.29) is 24.0 Å². The number of anilines is 1. The number of pyridine rings is 1. The first-order valence-corrected chi connectivity index (χ1v) is 8.74. The van der Waals surface area contributed by atoms with Gasteiger partial charge in [-0.25, -0.2) is 9.98 Å². The van der Waals surface area contributed by atoms with Crippen molar-refractivity contribution in [3.8, 4) is 0 Å². The number of rotatable bonds is 5. The van der Waals surface area contributed by atoms with Gasteiger partial charge in [-0.1, -0.05) is 11.2 Å². The van der Waals surface area contributed by atoms with Gasteiger partial charge in [0.2, 0.25) is 5.89 Å². The third-order valence-corrected chi connectivity index (χ3v) is 4.10. The molecule has 1 aliphatic heterocycles. The maximum absolute atomic E-state index is 4.98. The van der Waals surface area contributed by atoms with Gasteiger partial charge in [0.1, 0.15) is 12.4 Å². The van der Waals surface area contributed by atoms with Crippen molar-refractivity contribution in [2.45, 2.75) is 39.3 Å². The second kappa shape index (κ2) is 10.3. The zero-order valence-corrected chi connectivity index (χ0v) is 17.5. The highest BCUT2D eigenvalue weighted by Gasteiger charge is 2.20. The normalized spacial score (nSPS) is 15.5. The molecule has 0 aliphatic carbocycles. The summed E-state index contributed by atoms with van der Waals surface area (Å²) in [6.45, 7) is 7.01. The van der Waals surface area contributed by atoms with Gasteiger partial charge in [0.15, 0.2) is 11.8 Å². The van der Waals surface area contributed by atoms with Crippen LogP contribution < -0.4 is 15.5 Å². The van der Waals surface area contributed by atoms with Gasteiger partial charge in [0.05, 0.1) is 0 Å². The van der Waals surface area contributed by atoms with E-state index in [0.717, 1.165) is 44.3 Å². The smallest absolute Gasteiger partial charge is 0.223 e. The molecule has 2 aromatic heterocycles. The summed E-state index contributed by atoms with van der Waals surface area (Å²) in [6.07, 6.45) is 3.93. The fraction of sp³-hybridized carbons (Fsp3) is 0.529. The van der Waals surface area contributed by atoms with Crippen molar-refractivity contribution in [3.63, 3.8) is 0 Å². The van der Waals surface area contributed by atoms with E-state index < -0.39 is 0 Å². The lowest BCUT2D eigenvalue weighted by Gasteiger charge is -2.33. The fourth-order valence-corrected chi connectivity index (χ4v) is 2.86. The number of hydrogen-bond acceptors (Lipinski definition) is 6. The number of piperidine rings is 1. The minimum atomic E-state index is 0. The molecule has 2 aromatic rings. The maximum Gasteiger partial charge on any atom is 0.223 e. The summed E-state index contributed by atoms with van der Waals surface area (Å²) in [5.74, 6) is 3.00. The number of nitrogens with one attached hydrogen (secondary N) is 2. The first-order valence-electron chi connectivity index (χ1n) is 8.74. The van der Waals surface area contributed by atoms with E-state index in [9.17, 15) is 0 Å². The summed E-state index contributed by atoms with van der Waals surface area (Å²) in [7, 11) is 0. The minimum Gasteiger partial charge on any atom is -0.357 e. The highest BCUT2D eigenvalue weighted by Crippen LogP contribution is 2.17. The largest absolute Gasteiger partial charge is 0.357 e. The average molecular weight is 471 g/mol. The Morgan fingerprint density at radius 2 is 2.15 bits per heavy atom. The SMILES string of the molecule is CCNC(=NCc1noc(C)n1)NC1CCN(c2ccccn2)CC1.I. The van der Waals surface area contributed by atoms with Crippen LogP contribution in [0.3, 0.4) is 0 Å². The van der Waals surface area contributed by atoms with Crippen LogP contribution in [0.2, 0.25) is 0 Å². The molecule has 0 spiro atoms. The third kappa shape index (κ3) is 5.82. The van der Waals surface area contributed by atoms with Crippen molar-refractivity contribution in [1.82, 2.24) is 25.8 Å². The molecule has 0 unspecified atom stereocenters. The van der Waals surface area contributed by atoms with Gasteiger partial charge in [-0.3, -0.25) is 0 Å². The number of nitrogens with zero attached hydrogens (tertiary/aromatic N) is 5. The molecule has 0 saturated carbocycles. The molecule has 8 nitrogen and oxygen atoms in total. The van der Waals surface area contributed by atoms with E-state index in [2.05, 4.69) is 48.6 Å². The summed E-state index contributed by atoms with van der Waals surface area (Å²) < 4.78 is 4.98. The molecule has 3 heterocycles. The van der Waals surface area contributed by atoms with Crippen molar-refractivity contribution >= 4 is 35.8 Å². The quantitative estimate of drug-likeness (QED) is 0.392. The minimum absolute atomic E-state index is 0. The molecule has 0 radical (unpaired) electrons. The van der Waals surface area contributed by atoms with Crippen LogP contribution >= 0.6 is 24.0 Å². The Kier molecular flexibility index (Phi) is 8.07. The van der Waals surface area contributed by atoms with E-state index in [1.54, 1.807) is 6.92 Å². The second-order valence-electron chi connectivity index (χ2n) is 6.02. The van der Waals surface area contributed by atoms with Gasteiger partial charge >= 0.3 is 0 Å². The summed E-state index contributed by atoms with van der Waals surface area (Å²) in [5, 5.41) is 10.7. The average Bonchev–Trinajstić information content (AvgIpc) is 3.07. The van der Waals surface area contributed by atoms with Gasteiger partial charge in [0.25, 0.3) is 0 Å².